The number of hydrogen-bond donors (Lipinski definition) is 0. The SMILES string of the molecule is C=C(C)CN(C)C(=O)N1CCCCCC1. The molecule has 0 aromatic rings. The molecule has 1 fully saturated rings. The van der Waals surface area contributed by atoms with Gasteiger partial charge >= 0.3 is 6.03 Å². The Morgan fingerprint density at radius 3 is 2.27 bits per heavy atom. The summed E-state index contributed by atoms with van der Waals surface area (Å²) in [6.07, 6.45) is 4.81. The third-order valence-electron chi connectivity index (χ3n) is 2.71. The largest absolute Gasteiger partial charge is 0.325 e. The van der Waals surface area contributed by atoms with E-state index in [2.05, 4.69) is 6.58 Å². The van der Waals surface area contributed by atoms with Crippen molar-refractivity contribution in [3.05, 3.63) is 12.2 Å². The van der Waals surface area contributed by atoms with Gasteiger partial charge in [-0.1, -0.05) is 25.0 Å². The number of amides is 2. The number of hydrogen-bond acceptors (Lipinski definition) is 1. The number of rotatable bonds is 2. The summed E-state index contributed by atoms with van der Waals surface area (Å²) in [6, 6.07) is 0.153. The van der Waals surface area contributed by atoms with Crippen molar-refractivity contribution in [3.8, 4) is 0 Å². The topological polar surface area (TPSA) is 23.6 Å². The first kappa shape index (κ1) is 12.1. The van der Waals surface area contributed by atoms with E-state index in [0.717, 1.165) is 31.5 Å². The van der Waals surface area contributed by atoms with Crippen LogP contribution in [0.4, 0.5) is 4.79 Å². The van der Waals surface area contributed by atoms with Gasteiger partial charge in [0, 0.05) is 26.7 Å². The Bertz CT molecular complexity index is 230. The maximum atomic E-state index is 12.0. The molecule has 0 N–H and O–H groups in total. The van der Waals surface area contributed by atoms with E-state index < -0.39 is 0 Å². The fourth-order valence-electron chi connectivity index (χ4n) is 1.98. The number of likely N-dealkylation sites (tertiary alicyclic amines) is 1. The Hall–Kier alpha value is -0.990. The van der Waals surface area contributed by atoms with Gasteiger partial charge in [-0.15, -0.1) is 0 Å². The fraction of sp³-hybridized carbons (Fsp3) is 0.750. The van der Waals surface area contributed by atoms with Crippen LogP contribution in [0.5, 0.6) is 0 Å². The molecule has 0 unspecified atom stereocenters. The molecule has 1 rings (SSSR count). The van der Waals surface area contributed by atoms with Crippen LogP contribution >= 0.6 is 0 Å². The van der Waals surface area contributed by atoms with Crippen molar-refractivity contribution < 1.29 is 4.79 Å². The van der Waals surface area contributed by atoms with Crippen LogP contribution in [-0.2, 0) is 0 Å². The van der Waals surface area contributed by atoms with Gasteiger partial charge in [-0.05, 0) is 19.8 Å². The van der Waals surface area contributed by atoms with E-state index >= 15 is 0 Å². The molecule has 0 aliphatic carbocycles. The molecule has 3 heteroatoms. The van der Waals surface area contributed by atoms with E-state index in [0.29, 0.717) is 6.54 Å². The number of urea groups is 1. The van der Waals surface area contributed by atoms with Gasteiger partial charge in [-0.2, -0.15) is 0 Å². The average molecular weight is 210 g/mol. The highest BCUT2D eigenvalue weighted by atomic mass is 16.2. The summed E-state index contributed by atoms with van der Waals surface area (Å²) >= 11 is 0. The quantitative estimate of drug-likeness (QED) is 0.642. The summed E-state index contributed by atoms with van der Waals surface area (Å²) in [6.45, 7) is 8.27. The number of carbonyl (C=O) groups is 1. The van der Waals surface area contributed by atoms with Crippen molar-refractivity contribution in [1.82, 2.24) is 9.80 Å². The molecular formula is C12H22N2O. The van der Waals surface area contributed by atoms with E-state index in [1.54, 1.807) is 4.90 Å². The maximum absolute atomic E-state index is 12.0. The number of likely N-dealkylation sites (N-methyl/N-ethyl adjacent to an activating group) is 1. The zero-order valence-electron chi connectivity index (χ0n) is 9.96. The molecule has 1 aliphatic rings. The first-order chi connectivity index (χ1) is 7.11. The monoisotopic (exact) mass is 210 g/mol. The minimum atomic E-state index is 0.153. The molecule has 1 heterocycles. The van der Waals surface area contributed by atoms with Gasteiger partial charge in [0.2, 0.25) is 0 Å². The number of carbonyl (C=O) groups excluding carboxylic acids is 1. The molecule has 2 amide bonds. The molecule has 1 aliphatic heterocycles. The van der Waals surface area contributed by atoms with Crippen LogP contribution in [0.2, 0.25) is 0 Å². The van der Waals surface area contributed by atoms with E-state index in [9.17, 15) is 4.79 Å². The molecule has 0 bridgehead atoms. The second kappa shape index (κ2) is 5.79. The Labute approximate surface area is 92.7 Å². The fourth-order valence-corrected chi connectivity index (χ4v) is 1.98. The van der Waals surface area contributed by atoms with Crippen LogP contribution in [0.3, 0.4) is 0 Å². The highest BCUT2D eigenvalue weighted by molar-refractivity contribution is 5.74. The van der Waals surface area contributed by atoms with Gasteiger partial charge in [0.15, 0.2) is 0 Å². The summed E-state index contributed by atoms with van der Waals surface area (Å²) in [7, 11) is 1.85. The highest BCUT2D eigenvalue weighted by Gasteiger charge is 2.18. The summed E-state index contributed by atoms with van der Waals surface area (Å²) < 4.78 is 0. The van der Waals surface area contributed by atoms with Crippen molar-refractivity contribution >= 4 is 6.03 Å². The van der Waals surface area contributed by atoms with Crippen LogP contribution < -0.4 is 0 Å². The minimum absolute atomic E-state index is 0.153. The summed E-state index contributed by atoms with van der Waals surface area (Å²) in [5, 5.41) is 0. The molecule has 3 nitrogen and oxygen atoms in total. The predicted molar refractivity (Wildman–Crippen MR) is 62.9 cm³/mol. The van der Waals surface area contributed by atoms with Crippen molar-refractivity contribution in [2.45, 2.75) is 32.6 Å². The standard InChI is InChI=1S/C12H22N2O/c1-11(2)10-13(3)12(15)14-8-6-4-5-7-9-14/h1,4-10H2,2-3H3. The lowest BCUT2D eigenvalue weighted by Gasteiger charge is -2.27. The molecule has 0 saturated carbocycles. The van der Waals surface area contributed by atoms with Crippen molar-refractivity contribution in [1.29, 1.82) is 0 Å². The van der Waals surface area contributed by atoms with Crippen LogP contribution in [-0.4, -0.2) is 42.5 Å². The van der Waals surface area contributed by atoms with Crippen LogP contribution in [0.15, 0.2) is 12.2 Å². The lowest BCUT2D eigenvalue weighted by atomic mass is 10.2. The summed E-state index contributed by atoms with van der Waals surface area (Å²) in [4.78, 5) is 15.7. The Morgan fingerprint density at radius 1 is 1.27 bits per heavy atom. The molecule has 0 spiro atoms. The van der Waals surface area contributed by atoms with Gasteiger partial charge in [0.1, 0.15) is 0 Å². The Morgan fingerprint density at radius 2 is 1.80 bits per heavy atom. The Kier molecular flexibility index (Phi) is 4.66. The third-order valence-corrected chi connectivity index (χ3v) is 2.71. The highest BCUT2D eigenvalue weighted by Crippen LogP contribution is 2.11. The normalized spacial score (nSPS) is 17.1. The van der Waals surface area contributed by atoms with E-state index in [1.807, 2.05) is 18.9 Å². The summed E-state index contributed by atoms with van der Waals surface area (Å²) in [5.41, 5.74) is 1.03. The zero-order chi connectivity index (χ0) is 11.3. The number of nitrogens with zero attached hydrogens (tertiary/aromatic N) is 2. The lowest BCUT2D eigenvalue weighted by molar-refractivity contribution is 0.168. The van der Waals surface area contributed by atoms with Gasteiger partial charge in [0.25, 0.3) is 0 Å². The second-order valence-corrected chi connectivity index (χ2v) is 4.50. The molecular weight excluding hydrogens is 188 g/mol. The van der Waals surface area contributed by atoms with Crippen LogP contribution in [0.25, 0.3) is 0 Å². The van der Waals surface area contributed by atoms with E-state index in [1.165, 1.54) is 12.8 Å². The van der Waals surface area contributed by atoms with E-state index in [-0.39, 0.29) is 6.03 Å². The van der Waals surface area contributed by atoms with Gasteiger partial charge < -0.3 is 9.80 Å². The van der Waals surface area contributed by atoms with Crippen LogP contribution in [0.1, 0.15) is 32.6 Å². The van der Waals surface area contributed by atoms with Gasteiger partial charge in [-0.3, -0.25) is 0 Å². The molecule has 0 aromatic heterocycles. The minimum Gasteiger partial charge on any atom is -0.325 e. The van der Waals surface area contributed by atoms with Gasteiger partial charge in [-0.25, -0.2) is 4.79 Å². The lowest BCUT2D eigenvalue weighted by Crippen LogP contribution is -2.42. The molecule has 0 aromatic carbocycles. The molecule has 0 radical (unpaired) electrons. The molecule has 15 heavy (non-hydrogen) atoms. The summed E-state index contributed by atoms with van der Waals surface area (Å²) in [5.74, 6) is 0. The molecule has 0 atom stereocenters. The van der Waals surface area contributed by atoms with E-state index in [4.69, 9.17) is 0 Å². The first-order valence-corrected chi connectivity index (χ1v) is 5.75. The predicted octanol–water partition coefficient (Wildman–Crippen LogP) is 2.49. The Balaban J connectivity index is 2.46. The average Bonchev–Trinajstić information content (AvgIpc) is 2.43. The smallest absolute Gasteiger partial charge is 0.320 e. The molecule has 1 saturated heterocycles. The third kappa shape index (κ3) is 3.94. The molecule has 86 valence electrons. The first-order valence-electron chi connectivity index (χ1n) is 5.75. The maximum Gasteiger partial charge on any atom is 0.320 e. The van der Waals surface area contributed by atoms with Crippen molar-refractivity contribution in [2.24, 2.45) is 0 Å². The second-order valence-electron chi connectivity index (χ2n) is 4.50. The van der Waals surface area contributed by atoms with Gasteiger partial charge in [0.05, 0.1) is 0 Å². The zero-order valence-corrected chi connectivity index (χ0v) is 9.96. The van der Waals surface area contributed by atoms with Crippen LogP contribution in [0, 0.1) is 0 Å². The van der Waals surface area contributed by atoms with Crippen molar-refractivity contribution in [3.63, 3.8) is 0 Å². The van der Waals surface area contributed by atoms with Crippen molar-refractivity contribution in [2.75, 3.05) is 26.7 Å².